The van der Waals surface area contributed by atoms with Crippen molar-refractivity contribution in [3.05, 3.63) is 52.8 Å². The summed E-state index contributed by atoms with van der Waals surface area (Å²) >= 11 is 3.28. The molecule has 7 heteroatoms. The Morgan fingerprint density at radius 3 is 2.75 bits per heavy atom. The molecule has 2 aromatic rings. The topological polar surface area (TPSA) is 71.1 Å². The number of pyridine rings is 1. The van der Waals surface area contributed by atoms with Crippen LogP contribution in [0.5, 0.6) is 0 Å². The lowest BCUT2D eigenvalue weighted by Crippen LogP contribution is -2.14. The lowest BCUT2D eigenvalue weighted by molar-refractivity contribution is 0.600. The van der Waals surface area contributed by atoms with Gasteiger partial charge in [-0.25, -0.2) is 8.42 Å². The molecule has 5 nitrogen and oxygen atoms in total. The van der Waals surface area contributed by atoms with Gasteiger partial charge in [0.05, 0.1) is 11.9 Å². The third kappa shape index (κ3) is 3.56. The van der Waals surface area contributed by atoms with E-state index in [9.17, 15) is 8.42 Å². The molecule has 0 amide bonds. The van der Waals surface area contributed by atoms with Crippen LogP contribution >= 0.6 is 15.9 Å². The summed E-state index contributed by atoms with van der Waals surface area (Å²) in [6.07, 6.45) is 3.05. The van der Waals surface area contributed by atoms with E-state index in [1.807, 2.05) is 13.1 Å². The molecule has 0 saturated carbocycles. The number of halogens is 1. The number of rotatable bonds is 5. The third-order valence-corrected chi connectivity index (χ3v) is 4.95. The number of aromatic nitrogens is 1. The van der Waals surface area contributed by atoms with Crippen LogP contribution in [0, 0.1) is 0 Å². The van der Waals surface area contributed by atoms with Crippen LogP contribution in [-0.4, -0.2) is 20.4 Å². The highest BCUT2D eigenvalue weighted by molar-refractivity contribution is 9.10. The van der Waals surface area contributed by atoms with Crippen LogP contribution in [0.2, 0.25) is 0 Å². The van der Waals surface area contributed by atoms with Crippen molar-refractivity contribution in [1.82, 2.24) is 10.3 Å². The molecular weight excluding hydrogens is 342 g/mol. The van der Waals surface area contributed by atoms with Crippen molar-refractivity contribution in [3.63, 3.8) is 0 Å². The molecule has 20 heavy (non-hydrogen) atoms. The Bertz CT molecular complexity index is 690. The molecule has 0 aliphatic carbocycles. The van der Waals surface area contributed by atoms with Crippen molar-refractivity contribution in [2.75, 3.05) is 11.8 Å². The zero-order valence-corrected chi connectivity index (χ0v) is 13.2. The van der Waals surface area contributed by atoms with Gasteiger partial charge in [-0.1, -0.05) is 6.07 Å². The van der Waals surface area contributed by atoms with Gasteiger partial charge in [0, 0.05) is 17.2 Å². The van der Waals surface area contributed by atoms with E-state index < -0.39 is 10.0 Å². The fourth-order valence-corrected chi connectivity index (χ4v) is 3.76. The number of hydrogen-bond donors (Lipinski definition) is 2. The first-order valence-corrected chi connectivity index (χ1v) is 8.16. The van der Waals surface area contributed by atoms with Crippen LogP contribution < -0.4 is 10.0 Å². The molecule has 0 aliphatic heterocycles. The minimum atomic E-state index is -3.65. The maximum atomic E-state index is 12.4. The van der Waals surface area contributed by atoms with Gasteiger partial charge in [-0.3, -0.25) is 9.71 Å². The number of nitrogens with zero attached hydrogens (tertiary/aromatic N) is 1. The molecule has 1 aromatic heterocycles. The maximum Gasteiger partial charge on any atom is 0.263 e. The van der Waals surface area contributed by atoms with Crippen molar-refractivity contribution in [1.29, 1.82) is 0 Å². The standard InChI is InChI=1S/C13H14BrN3O2S/c1-15-8-10-4-5-12(14)13(7-10)20(18,19)17-11-3-2-6-16-9-11/h2-7,9,15,17H,8H2,1H3. The van der Waals surface area contributed by atoms with Crippen molar-refractivity contribution in [2.45, 2.75) is 11.4 Å². The van der Waals surface area contributed by atoms with Crippen LogP contribution in [-0.2, 0) is 16.6 Å². The van der Waals surface area contributed by atoms with Gasteiger partial charge < -0.3 is 5.32 Å². The first-order chi connectivity index (χ1) is 9.53. The number of anilines is 1. The molecule has 0 atom stereocenters. The van der Waals surface area contributed by atoms with Gasteiger partial charge in [0.25, 0.3) is 10.0 Å². The molecule has 2 rings (SSSR count). The van der Waals surface area contributed by atoms with Gasteiger partial charge in [-0.05, 0) is 52.8 Å². The first kappa shape index (κ1) is 15.0. The molecule has 106 valence electrons. The highest BCUT2D eigenvalue weighted by Crippen LogP contribution is 2.25. The summed E-state index contributed by atoms with van der Waals surface area (Å²) < 4.78 is 27.8. The van der Waals surface area contributed by atoms with Crippen LogP contribution in [0.15, 0.2) is 52.1 Å². The Labute approximate surface area is 126 Å². The van der Waals surface area contributed by atoms with Gasteiger partial charge >= 0.3 is 0 Å². The van der Waals surface area contributed by atoms with Crippen molar-refractivity contribution in [2.24, 2.45) is 0 Å². The molecule has 1 heterocycles. The van der Waals surface area contributed by atoms with E-state index in [1.165, 1.54) is 6.20 Å². The molecule has 0 radical (unpaired) electrons. The molecule has 0 aliphatic rings. The molecule has 0 fully saturated rings. The first-order valence-electron chi connectivity index (χ1n) is 5.89. The van der Waals surface area contributed by atoms with Crippen LogP contribution in [0.4, 0.5) is 5.69 Å². The molecule has 0 bridgehead atoms. The van der Waals surface area contributed by atoms with Crippen LogP contribution in [0.1, 0.15) is 5.56 Å². The van der Waals surface area contributed by atoms with Gasteiger partial charge in [-0.15, -0.1) is 0 Å². The minimum absolute atomic E-state index is 0.203. The van der Waals surface area contributed by atoms with Crippen LogP contribution in [0.25, 0.3) is 0 Å². The molecule has 2 N–H and O–H groups in total. The summed E-state index contributed by atoms with van der Waals surface area (Å²) in [4.78, 5) is 4.09. The van der Waals surface area contributed by atoms with Crippen molar-refractivity contribution < 1.29 is 8.42 Å². The number of nitrogens with one attached hydrogen (secondary N) is 2. The van der Waals surface area contributed by atoms with E-state index in [0.717, 1.165) is 5.56 Å². The quantitative estimate of drug-likeness (QED) is 0.863. The maximum absolute atomic E-state index is 12.4. The fourth-order valence-electron chi connectivity index (χ4n) is 1.70. The Balaban J connectivity index is 2.36. The largest absolute Gasteiger partial charge is 0.316 e. The molecule has 0 saturated heterocycles. The second-order valence-corrected chi connectivity index (χ2v) is 6.65. The second kappa shape index (κ2) is 6.34. The van der Waals surface area contributed by atoms with E-state index in [2.05, 4.69) is 31.0 Å². The predicted molar refractivity (Wildman–Crippen MR) is 82.0 cm³/mol. The predicted octanol–water partition coefficient (Wildman–Crippen LogP) is 2.36. The number of sulfonamides is 1. The fraction of sp³-hybridized carbons (Fsp3) is 0.154. The molecule has 0 unspecified atom stereocenters. The monoisotopic (exact) mass is 355 g/mol. The van der Waals surface area contributed by atoms with E-state index >= 15 is 0 Å². The molecular formula is C13H14BrN3O2S. The Morgan fingerprint density at radius 1 is 1.30 bits per heavy atom. The smallest absolute Gasteiger partial charge is 0.263 e. The third-order valence-electron chi connectivity index (χ3n) is 2.58. The highest BCUT2D eigenvalue weighted by Gasteiger charge is 2.18. The van der Waals surface area contributed by atoms with E-state index in [-0.39, 0.29) is 4.90 Å². The Hall–Kier alpha value is -1.44. The van der Waals surface area contributed by atoms with Crippen molar-refractivity contribution in [3.8, 4) is 0 Å². The zero-order valence-electron chi connectivity index (χ0n) is 10.8. The summed E-state index contributed by atoms with van der Waals surface area (Å²) in [6.45, 7) is 0.600. The van der Waals surface area contributed by atoms with E-state index in [0.29, 0.717) is 16.7 Å². The number of hydrogen-bond acceptors (Lipinski definition) is 4. The molecule has 0 spiro atoms. The van der Waals surface area contributed by atoms with Gasteiger partial charge in [0.1, 0.15) is 4.90 Å². The van der Waals surface area contributed by atoms with E-state index in [4.69, 9.17) is 0 Å². The summed E-state index contributed by atoms with van der Waals surface area (Å²) in [7, 11) is -1.84. The van der Waals surface area contributed by atoms with Crippen molar-refractivity contribution >= 4 is 31.6 Å². The summed E-state index contributed by atoms with van der Waals surface area (Å²) in [5, 5.41) is 2.99. The Morgan fingerprint density at radius 2 is 2.10 bits per heavy atom. The summed E-state index contributed by atoms with van der Waals surface area (Å²) in [5.41, 5.74) is 1.32. The normalized spacial score (nSPS) is 11.3. The van der Waals surface area contributed by atoms with E-state index in [1.54, 1.807) is 30.5 Å². The SMILES string of the molecule is CNCc1ccc(Br)c(S(=O)(=O)Nc2cccnc2)c1. The second-order valence-electron chi connectivity index (χ2n) is 4.14. The van der Waals surface area contributed by atoms with Gasteiger partial charge in [0.2, 0.25) is 0 Å². The average molecular weight is 356 g/mol. The molecule has 1 aromatic carbocycles. The lowest BCUT2D eigenvalue weighted by atomic mass is 10.2. The minimum Gasteiger partial charge on any atom is -0.316 e. The summed E-state index contributed by atoms with van der Waals surface area (Å²) in [6, 6.07) is 8.55. The average Bonchev–Trinajstić information content (AvgIpc) is 2.42. The highest BCUT2D eigenvalue weighted by atomic mass is 79.9. The van der Waals surface area contributed by atoms with Crippen LogP contribution in [0.3, 0.4) is 0 Å². The van der Waals surface area contributed by atoms with Gasteiger partial charge in [0.15, 0.2) is 0 Å². The lowest BCUT2D eigenvalue weighted by Gasteiger charge is -2.11. The summed E-state index contributed by atoms with van der Waals surface area (Å²) in [5.74, 6) is 0. The van der Waals surface area contributed by atoms with Gasteiger partial charge in [-0.2, -0.15) is 0 Å². The zero-order chi connectivity index (χ0) is 14.6. The number of benzene rings is 1. The Kier molecular flexibility index (Phi) is 4.74.